The van der Waals surface area contributed by atoms with E-state index in [1.54, 1.807) is 4.57 Å². The number of aryl methyl sites for hydroxylation is 2. The van der Waals surface area contributed by atoms with Gasteiger partial charge in [0.2, 0.25) is 0 Å². The van der Waals surface area contributed by atoms with Gasteiger partial charge < -0.3 is 19.7 Å². The van der Waals surface area contributed by atoms with Crippen molar-refractivity contribution in [2.75, 3.05) is 13.2 Å². The standard InChI is InChI=1S/C24H28N2O3/c1-2-26-22-10-6-5-9-21(22)23(14-24(26)28)29-16-20(27)15-25-19-12-11-17-7-3-4-8-18(17)13-19/h3-10,14,19-20,25,27H,2,11-13,15-16H2,1H3. The van der Waals surface area contributed by atoms with Crippen LogP contribution in [-0.2, 0) is 19.4 Å². The summed E-state index contributed by atoms with van der Waals surface area (Å²) in [5, 5.41) is 14.8. The Morgan fingerprint density at radius 3 is 2.76 bits per heavy atom. The molecular formula is C24H28N2O3. The summed E-state index contributed by atoms with van der Waals surface area (Å²) in [6.45, 7) is 3.18. The fourth-order valence-electron chi connectivity index (χ4n) is 4.17. The maximum Gasteiger partial charge on any atom is 0.254 e. The number of ether oxygens (including phenoxy) is 1. The Hall–Kier alpha value is -2.63. The van der Waals surface area contributed by atoms with Gasteiger partial charge in [-0.3, -0.25) is 4.79 Å². The molecule has 2 unspecified atom stereocenters. The highest BCUT2D eigenvalue weighted by Gasteiger charge is 2.19. The average molecular weight is 392 g/mol. The highest BCUT2D eigenvalue weighted by Crippen LogP contribution is 2.24. The van der Waals surface area contributed by atoms with Gasteiger partial charge in [0.15, 0.2) is 0 Å². The molecule has 4 rings (SSSR count). The Kier molecular flexibility index (Phi) is 5.97. The van der Waals surface area contributed by atoms with Crippen LogP contribution < -0.4 is 15.6 Å². The Morgan fingerprint density at radius 2 is 1.93 bits per heavy atom. The van der Waals surface area contributed by atoms with Crippen molar-refractivity contribution in [1.82, 2.24) is 9.88 Å². The largest absolute Gasteiger partial charge is 0.490 e. The lowest BCUT2D eigenvalue weighted by molar-refractivity contribution is 0.103. The molecule has 5 nitrogen and oxygen atoms in total. The summed E-state index contributed by atoms with van der Waals surface area (Å²) >= 11 is 0. The number of nitrogens with one attached hydrogen (secondary N) is 1. The maximum absolute atomic E-state index is 12.4. The monoisotopic (exact) mass is 392 g/mol. The molecular weight excluding hydrogens is 364 g/mol. The highest BCUT2D eigenvalue weighted by molar-refractivity contribution is 5.85. The summed E-state index contributed by atoms with van der Waals surface area (Å²) < 4.78 is 7.58. The molecule has 2 aromatic carbocycles. The number of fused-ring (bicyclic) bond motifs is 2. The predicted octanol–water partition coefficient (Wildman–Crippen LogP) is 2.91. The van der Waals surface area contributed by atoms with Gasteiger partial charge in [-0.05, 0) is 49.4 Å². The van der Waals surface area contributed by atoms with Gasteiger partial charge in [0.1, 0.15) is 18.5 Å². The molecule has 2 atom stereocenters. The molecule has 1 heterocycles. The normalized spacial score (nSPS) is 17.1. The molecule has 1 aromatic heterocycles. The number of nitrogens with zero attached hydrogens (tertiary/aromatic N) is 1. The van der Waals surface area contributed by atoms with Crippen LogP contribution in [-0.4, -0.2) is 35.0 Å². The Balaban J connectivity index is 1.36. The van der Waals surface area contributed by atoms with Gasteiger partial charge in [-0.1, -0.05) is 36.4 Å². The van der Waals surface area contributed by atoms with E-state index in [1.807, 2.05) is 31.2 Å². The second-order valence-electron chi connectivity index (χ2n) is 7.69. The first kappa shape index (κ1) is 19.7. The summed E-state index contributed by atoms with van der Waals surface area (Å²) in [6.07, 6.45) is 2.49. The molecule has 0 aliphatic heterocycles. The number of para-hydroxylation sites is 1. The zero-order chi connectivity index (χ0) is 20.2. The minimum absolute atomic E-state index is 0.0883. The van der Waals surface area contributed by atoms with E-state index in [4.69, 9.17) is 4.74 Å². The third-order valence-corrected chi connectivity index (χ3v) is 5.72. The van der Waals surface area contributed by atoms with E-state index < -0.39 is 6.10 Å². The second-order valence-corrected chi connectivity index (χ2v) is 7.69. The molecule has 1 aliphatic carbocycles. The van der Waals surface area contributed by atoms with Crippen molar-refractivity contribution in [2.45, 2.75) is 44.9 Å². The van der Waals surface area contributed by atoms with E-state index in [1.165, 1.54) is 17.2 Å². The third-order valence-electron chi connectivity index (χ3n) is 5.72. The van der Waals surface area contributed by atoms with Gasteiger partial charge in [-0.15, -0.1) is 0 Å². The van der Waals surface area contributed by atoms with Gasteiger partial charge in [0.25, 0.3) is 5.56 Å². The number of aromatic nitrogens is 1. The number of hydrogen-bond acceptors (Lipinski definition) is 4. The molecule has 0 radical (unpaired) electrons. The first-order valence-electron chi connectivity index (χ1n) is 10.4. The molecule has 0 spiro atoms. The van der Waals surface area contributed by atoms with Crippen molar-refractivity contribution in [1.29, 1.82) is 0 Å². The summed E-state index contributed by atoms with van der Waals surface area (Å²) in [6, 6.07) is 18.2. The quantitative estimate of drug-likeness (QED) is 0.649. The number of benzene rings is 2. The molecule has 5 heteroatoms. The molecule has 29 heavy (non-hydrogen) atoms. The van der Waals surface area contributed by atoms with E-state index in [0.29, 0.717) is 24.9 Å². The molecule has 0 saturated carbocycles. The van der Waals surface area contributed by atoms with Crippen LogP contribution in [0.2, 0.25) is 0 Å². The van der Waals surface area contributed by atoms with E-state index in [-0.39, 0.29) is 12.2 Å². The van der Waals surface area contributed by atoms with E-state index in [0.717, 1.165) is 30.2 Å². The highest BCUT2D eigenvalue weighted by atomic mass is 16.5. The van der Waals surface area contributed by atoms with Crippen molar-refractivity contribution < 1.29 is 9.84 Å². The SMILES string of the molecule is CCn1c(=O)cc(OCC(O)CNC2CCc3ccccc3C2)c2ccccc21. The van der Waals surface area contributed by atoms with Crippen LogP contribution in [0, 0.1) is 0 Å². The average Bonchev–Trinajstić information content (AvgIpc) is 2.76. The van der Waals surface area contributed by atoms with Crippen molar-refractivity contribution in [2.24, 2.45) is 0 Å². The fourth-order valence-corrected chi connectivity index (χ4v) is 4.17. The van der Waals surface area contributed by atoms with E-state index >= 15 is 0 Å². The lowest BCUT2D eigenvalue weighted by Gasteiger charge is -2.26. The Morgan fingerprint density at radius 1 is 1.17 bits per heavy atom. The van der Waals surface area contributed by atoms with Gasteiger partial charge in [-0.25, -0.2) is 0 Å². The van der Waals surface area contributed by atoms with Crippen LogP contribution in [0.3, 0.4) is 0 Å². The number of aliphatic hydroxyl groups is 1. The molecule has 3 aromatic rings. The van der Waals surface area contributed by atoms with Gasteiger partial charge in [0.05, 0.1) is 5.52 Å². The Labute approximate surface area is 170 Å². The molecule has 1 aliphatic rings. The van der Waals surface area contributed by atoms with Crippen molar-refractivity contribution in [3.63, 3.8) is 0 Å². The smallest absolute Gasteiger partial charge is 0.254 e. The first-order valence-corrected chi connectivity index (χ1v) is 10.4. The molecule has 0 fully saturated rings. The van der Waals surface area contributed by atoms with Crippen molar-refractivity contribution in [3.8, 4) is 5.75 Å². The van der Waals surface area contributed by atoms with Crippen LogP contribution >= 0.6 is 0 Å². The van der Waals surface area contributed by atoms with Crippen molar-refractivity contribution >= 4 is 10.9 Å². The first-order chi connectivity index (χ1) is 14.2. The molecule has 0 amide bonds. The zero-order valence-electron chi connectivity index (χ0n) is 16.8. The number of pyridine rings is 1. The van der Waals surface area contributed by atoms with E-state index in [2.05, 4.69) is 29.6 Å². The summed E-state index contributed by atoms with van der Waals surface area (Å²) in [7, 11) is 0. The minimum atomic E-state index is -0.639. The second kappa shape index (κ2) is 8.80. The topological polar surface area (TPSA) is 63.5 Å². The molecule has 0 bridgehead atoms. The molecule has 0 saturated heterocycles. The minimum Gasteiger partial charge on any atom is -0.490 e. The predicted molar refractivity (Wildman–Crippen MR) is 116 cm³/mol. The maximum atomic E-state index is 12.4. The number of hydrogen-bond donors (Lipinski definition) is 2. The lowest BCUT2D eigenvalue weighted by Crippen LogP contribution is -2.40. The van der Waals surface area contributed by atoms with Gasteiger partial charge >= 0.3 is 0 Å². The van der Waals surface area contributed by atoms with Gasteiger partial charge in [-0.2, -0.15) is 0 Å². The number of aliphatic hydroxyl groups excluding tert-OH is 1. The molecule has 152 valence electrons. The third kappa shape index (κ3) is 4.36. The summed E-state index contributed by atoms with van der Waals surface area (Å²) in [5.41, 5.74) is 3.59. The van der Waals surface area contributed by atoms with Crippen LogP contribution in [0.15, 0.2) is 59.4 Å². The summed E-state index contributed by atoms with van der Waals surface area (Å²) in [5.74, 6) is 0.529. The lowest BCUT2D eigenvalue weighted by atomic mass is 9.88. The van der Waals surface area contributed by atoms with Crippen LogP contribution in [0.5, 0.6) is 5.75 Å². The van der Waals surface area contributed by atoms with Crippen LogP contribution in [0.1, 0.15) is 24.5 Å². The van der Waals surface area contributed by atoms with Crippen molar-refractivity contribution in [3.05, 3.63) is 76.1 Å². The zero-order valence-corrected chi connectivity index (χ0v) is 16.8. The van der Waals surface area contributed by atoms with Crippen LogP contribution in [0.25, 0.3) is 10.9 Å². The number of rotatable bonds is 7. The Bertz CT molecular complexity index is 1040. The molecule has 2 N–H and O–H groups in total. The van der Waals surface area contributed by atoms with E-state index in [9.17, 15) is 9.90 Å². The van der Waals surface area contributed by atoms with Crippen LogP contribution in [0.4, 0.5) is 0 Å². The fraction of sp³-hybridized carbons (Fsp3) is 0.375. The van der Waals surface area contributed by atoms with Gasteiger partial charge in [0, 0.05) is 30.6 Å². The summed E-state index contributed by atoms with van der Waals surface area (Å²) in [4.78, 5) is 12.4.